The van der Waals surface area contributed by atoms with Gasteiger partial charge in [-0.15, -0.1) is 0 Å². The highest BCUT2D eigenvalue weighted by atomic mass is 32.2. The fourth-order valence-corrected chi connectivity index (χ4v) is 4.81. The lowest BCUT2D eigenvalue weighted by Crippen LogP contribution is -2.31. The SMILES string of the molecule is COc1ccc(S(=O)(=O)Nc2ccc(N[C@@H](Cc3ccc(O)cc3)C(=O)O)c3ccccc23)cc1. The number of nitrogens with one attached hydrogen (secondary N) is 2. The lowest BCUT2D eigenvalue weighted by Gasteiger charge is -2.19. The van der Waals surface area contributed by atoms with Gasteiger partial charge in [-0.2, -0.15) is 0 Å². The first-order valence-electron chi connectivity index (χ1n) is 10.7. The molecular formula is C26H24N2O6S. The molecule has 0 aromatic heterocycles. The van der Waals surface area contributed by atoms with Crippen LogP contribution in [0.3, 0.4) is 0 Å². The predicted octanol–water partition coefficient (Wildman–Crippen LogP) is 4.46. The number of aliphatic carboxylic acids is 1. The molecule has 0 saturated heterocycles. The Bertz CT molecular complexity index is 1450. The summed E-state index contributed by atoms with van der Waals surface area (Å²) >= 11 is 0. The molecule has 35 heavy (non-hydrogen) atoms. The molecule has 0 unspecified atom stereocenters. The number of fused-ring (bicyclic) bond motifs is 1. The normalized spacial score (nSPS) is 12.1. The van der Waals surface area contributed by atoms with Crippen molar-refractivity contribution in [3.05, 3.63) is 90.5 Å². The Morgan fingerprint density at radius 2 is 1.49 bits per heavy atom. The summed E-state index contributed by atoms with van der Waals surface area (Å²) in [6.07, 6.45) is 0.190. The summed E-state index contributed by atoms with van der Waals surface area (Å²) < 4.78 is 33.6. The minimum Gasteiger partial charge on any atom is -0.508 e. The number of methoxy groups -OCH3 is 1. The summed E-state index contributed by atoms with van der Waals surface area (Å²) in [7, 11) is -2.36. The van der Waals surface area contributed by atoms with Crippen LogP contribution in [0.15, 0.2) is 89.8 Å². The summed E-state index contributed by atoms with van der Waals surface area (Å²) in [6.45, 7) is 0. The number of ether oxygens (including phenoxy) is 1. The van der Waals surface area contributed by atoms with Crippen LogP contribution in [-0.4, -0.2) is 37.8 Å². The molecule has 4 aromatic carbocycles. The van der Waals surface area contributed by atoms with Crippen molar-refractivity contribution in [1.82, 2.24) is 0 Å². The topological polar surface area (TPSA) is 125 Å². The van der Waals surface area contributed by atoms with Crippen molar-refractivity contribution in [3.8, 4) is 11.5 Å². The van der Waals surface area contributed by atoms with Gasteiger partial charge in [0.05, 0.1) is 17.7 Å². The zero-order chi connectivity index (χ0) is 25.0. The molecule has 180 valence electrons. The van der Waals surface area contributed by atoms with Crippen LogP contribution in [0.25, 0.3) is 10.8 Å². The smallest absolute Gasteiger partial charge is 0.326 e. The van der Waals surface area contributed by atoms with Crippen molar-refractivity contribution in [2.45, 2.75) is 17.4 Å². The third-order valence-corrected chi connectivity index (χ3v) is 6.92. The first-order valence-corrected chi connectivity index (χ1v) is 12.2. The van der Waals surface area contributed by atoms with Gasteiger partial charge in [-0.25, -0.2) is 13.2 Å². The van der Waals surface area contributed by atoms with Gasteiger partial charge in [0.15, 0.2) is 0 Å². The van der Waals surface area contributed by atoms with Gasteiger partial charge in [-0.3, -0.25) is 4.72 Å². The number of sulfonamides is 1. The number of phenols is 1. The highest BCUT2D eigenvalue weighted by molar-refractivity contribution is 7.92. The second kappa shape index (κ2) is 9.94. The van der Waals surface area contributed by atoms with E-state index in [1.165, 1.54) is 31.4 Å². The third-order valence-electron chi connectivity index (χ3n) is 5.54. The van der Waals surface area contributed by atoms with E-state index in [9.17, 15) is 23.4 Å². The molecule has 0 aliphatic carbocycles. The standard InChI is InChI=1S/C26H24N2O6S/c1-34-19-10-12-20(13-11-19)35(32,33)28-24-15-14-23(21-4-2-3-5-22(21)24)27-25(26(30)31)16-17-6-8-18(29)9-7-17/h2-15,25,27-29H,16H2,1H3,(H,30,31)/t25-/m0/s1. The number of rotatable bonds is 9. The Kier molecular flexibility index (Phi) is 6.79. The van der Waals surface area contributed by atoms with Crippen LogP contribution in [0.2, 0.25) is 0 Å². The maximum atomic E-state index is 13.0. The van der Waals surface area contributed by atoms with Gasteiger partial charge in [0.2, 0.25) is 0 Å². The third kappa shape index (κ3) is 5.47. The van der Waals surface area contributed by atoms with Crippen molar-refractivity contribution in [3.63, 3.8) is 0 Å². The fraction of sp³-hybridized carbons (Fsp3) is 0.115. The molecule has 4 aromatic rings. The maximum absolute atomic E-state index is 13.0. The van der Waals surface area contributed by atoms with Crippen LogP contribution in [0.5, 0.6) is 11.5 Å². The molecule has 0 fully saturated rings. The molecule has 0 aliphatic heterocycles. The highest BCUT2D eigenvalue weighted by Gasteiger charge is 2.21. The first-order chi connectivity index (χ1) is 16.8. The van der Waals surface area contributed by atoms with E-state index in [1.807, 2.05) is 0 Å². The van der Waals surface area contributed by atoms with Crippen molar-refractivity contribution >= 4 is 38.1 Å². The van der Waals surface area contributed by atoms with E-state index in [0.29, 0.717) is 27.9 Å². The molecule has 0 aliphatic rings. The Morgan fingerprint density at radius 1 is 0.886 bits per heavy atom. The summed E-state index contributed by atoms with van der Waals surface area (Å²) in [5.74, 6) is -0.385. The monoisotopic (exact) mass is 492 g/mol. The molecule has 4 rings (SSSR count). The van der Waals surface area contributed by atoms with Gasteiger partial charge in [-0.05, 0) is 54.1 Å². The van der Waals surface area contributed by atoms with Crippen LogP contribution in [0.1, 0.15) is 5.56 Å². The Hall–Kier alpha value is -4.24. The predicted molar refractivity (Wildman–Crippen MR) is 135 cm³/mol. The van der Waals surface area contributed by atoms with Gasteiger partial charge in [0.1, 0.15) is 17.5 Å². The molecule has 0 heterocycles. The molecule has 1 atom stereocenters. The van der Waals surface area contributed by atoms with Crippen molar-refractivity contribution in [2.75, 3.05) is 17.1 Å². The van der Waals surface area contributed by atoms with Crippen LogP contribution >= 0.6 is 0 Å². The summed E-state index contributed by atoms with van der Waals surface area (Å²) in [6, 6.07) is 21.9. The zero-order valence-electron chi connectivity index (χ0n) is 18.8. The molecule has 0 saturated carbocycles. The van der Waals surface area contributed by atoms with E-state index in [2.05, 4.69) is 10.0 Å². The number of carbonyl (C=O) groups is 1. The Morgan fingerprint density at radius 3 is 2.09 bits per heavy atom. The lowest BCUT2D eigenvalue weighted by atomic mass is 10.0. The van der Waals surface area contributed by atoms with Gasteiger partial charge in [-0.1, -0.05) is 36.4 Å². The number of carboxylic acids is 1. The molecule has 4 N–H and O–H groups in total. The molecule has 0 amide bonds. The molecular weight excluding hydrogens is 468 g/mol. The minimum absolute atomic E-state index is 0.0874. The fourth-order valence-electron chi connectivity index (χ4n) is 3.73. The van der Waals surface area contributed by atoms with Crippen molar-refractivity contribution in [1.29, 1.82) is 0 Å². The zero-order valence-corrected chi connectivity index (χ0v) is 19.6. The second-order valence-electron chi connectivity index (χ2n) is 7.89. The number of hydrogen-bond donors (Lipinski definition) is 4. The summed E-state index contributed by atoms with van der Waals surface area (Å²) in [4.78, 5) is 12.0. The van der Waals surface area contributed by atoms with Crippen LogP contribution < -0.4 is 14.8 Å². The summed E-state index contributed by atoms with van der Waals surface area (Å²) in [5.41, 5.74) is 1.67. The number of carboxylic acid groups (broad SMARTS) is 1. The van der Waals surface area contributed by atoms with E-state index in [4.69, 9.17) is 4.74 Å². The van der Waals surface area contributed by atoms with Crippen molar-refractivity contribution < 1.29 is 28.2 Å². The minimum atomic E-state index is -3.86. The first kappa shape index (κ1) is 23.9. The number of benzene rings is 4. The maximum Gasteiger partial charge on any atom is 0.326 e. The molecule has 8 nitrogen and oxygen atoms in total. The number of aromatic hydroxyl groups is 1. The lowest BCUT2D eigenvalue weighted by molar-refractivity contribution is -0.137. The van der Waals surface area contributed by atoms with Gasteiger partial charge in [0, 0.05) is 22.9 Å². The number of hydrogen-bond acceptors (Lipinski definition) is 6. The summed E-state index contributed by atoms with van der Waals surface area (Å²) in [5, 5.41) is 23.6. The number of anilines is 2. The average molecular weight is 493 g/mol. The average Bonchev–Trinajstić information content (AvgIpc) is 2.86. The van der Waals surface area contributed by atoms with E-state index >= 15 is 0 Å². The highest BCUT2D eigenvalue weighted by Crippen LogP contribution is 2.32. The van der Waals surface area contributed by atoms with Crippen molar-refractivity contribution in [2.24, 2.45) is 0 Å². The van der Waals surface area contributed by atoms with Crippen LogP contribution in [0, 0.1) is 0 Å². The largest absolute Gasteiger partial charge is 0.508 e. The Labute approximate surface area is 202 Å². The Balaban J connectivity index is 1.64. The van der Waals surface area contributed by atoms with Gasteiger partial charge < -0.3 is 20.3 Å². The van der Waals surface area contributed by atoms with E-state index in [-0.39, 0.29) is 17.1 Å². The second-order valence-corrected chi connectivity index (χ2v) is 9.58. The number of phenolic OH excluding ortho intramolecular Hbond substituents is 1. The van der Waals surface area contributed by atoms with Crippen LogP contribution in [0.4, 0.5) is 11.4 Å². The van der Waals surface area contributed by atoms with Crippen LogP contribution in [-0.2, 0) is 21.2 Å². The van der Waals surface area contributed by atoms with Gasteiger partial charge >= 0.3 is 5.97 Å². The van der Waals surface area contributed by atoms with E-state index in [1.54, 1.807) is 60.7 Å². The molecule has 0 spiro atoms. The molecule has 0 bridgehead atoms. The van der Waals surface area contributed by atoms with E-state index < -0.39 is 22.0 Å². The van der Waals surface area contributed by atoms with E-state index in [0.717, 1.165) is 5.56 Å². The van der Waals surface area contributed by atoms with Gasteiger partial charge in [0.25, 0.3) is 10.0 Å². The molecule has 9 heteroatoms. The quantitative estimate of drug-likeness (QED) is 0.272. The molecule has 0 radical (unpaired) electrons.